The number of hydrogen-bond acceptors (Lipinski definition) is 1. The van der Waals surface area contributed by atoms with Gasteiger partial charge in [0.25, 0.3) is 0 Å². The van der Waals surface area contributed by atoms with Crippen molar-refractivity contribution in [1.29, 1.82) is 0 Å². The molecule has 0 heterocycles. The van der Waals surface area contributed by atoms with Gasteiger partial charge < -0.3 is 5.73 Å². The lowest BCUT2D eigenvalue weighted by atomic mass is 9.88. The molecule has 82 valence electrons. The van der Waals surface area contributed by atoms with E-state index in [4.69, 9.17) is 5.73 Å². The van der Waals surface area contributed by atoms with E-state index in [-0.39, 0.29) is 0 Å². The van der Waals surface area contributed by atoms with E-state index in [1.54, 1.807) is 0 Å². The summed E-state index contributed by atoms with van der Waals surface area (Å²) in [4.78, 5) is 0. The van der Waals surface area contributed by atoms with Crippen LogP contribution in [0.2, 0.25) is 0 Å². The Balaban J connectivity index is 2.21. The summed E-state index contributed by atoms with van der Waals surface area (Å²) >= 11 is 0. The molecule has 1 aromatic carbocycles. The quantitative estimate of drug-likeness (QED) is 0.803. The Morgan fingerprint density at radius 1 is 1.33 bits per heavy atom. The minimum Gasteiger partial charge on any atom is -0.327 e. The summed E-state index contributed by atoms with van der Waals surface area (Å²) in [5.74, 6) is 0. The van der Waals surface area contributed by atoms with E-state index < -0.39 is 0 Å². The first-order chi connectivity index (χ1) is 7.03. The molecule has 0 saturated heterocycles. The molecule has 2 N–H and O–H groups in total. The molecule has 2 rings (SSSR count). The molecule has 0 aromatic heterocycles. The van der Waals surface area contributed by atoms with E-state index in [2.05, 4.69) is 39.0 Å². The molecule has 0 radical (unpaired) electrons. The second kappa shape index (κ2) is 3.64. The van der Waals surface area contributed by atoms with E-state index in [0.29, 0.717) is 11.5 Å². The average Bonchev–Trinajstić information content (AvgIpc) is 2.92. The Hall–Kier alpha value is -0.820. The van der Waals surface area contributed by atoms with Crippen molar-refractivity contribution in [3.05, 3.63) is 34.9 Å². The molecule has 1 atom stereocenters. The highest BCUT2D eigenvalue weighted by atomic mass is 14.7. The zero-order valence-corrected chi connectivity index (χ0v) is 10.0. The Morgan fingerprint density at radius 2 is 2.00 bits per heavy atom. The second-order valence-electron chi connectivity index (χ2n) is 5.26. The van der Waals surface area contributed by atoms with Gasteiger partial charge >= 0.3 is 0 Å². The van der Waals surface area contributed by atoms with Gasteiger partial charge in [-0.05, 0) is 56.6 Å². The highest BCUT2D eigenvalue weighted by Gasteiger charge is 2.45. The lowest BCUT2D eigenvalue weighted by Gasteiger charge is -2.20. The Kier molecular flexibility index (Phi) is 2.59. The summed E-state index contributed by atoms with van der Waals surface area (Å²) in [6.07, 6.45) is 3.77. The lowest BCUT2D eigenvalue weighted by Crippen LogP contribution is -2.30. The minimum absolute atomic E-state index is 0.331. The third-order valence-corrected chi connectivity index (χ3v) is 3.91. The molecule has 1 fully saturated rings. The maximum absolute atomic E-state index is 6.07. The number of rotatable bonds is 3. The average molecular weight is 203 g/mol. The predicted octanol–water partition coefficient (Wildman–Crippen LogP) is 2.97. The maximum Gasteiger partial charge on any atom is 0.00702 e. The number of benzene rings is 1. The molecule has 1 saturated carbocycles. The van der Waals surface area contributed by atoms with Crippen molar-refractivity contribution in [2.75, 3.05) is 0 Å². The molecule has 0 bridgehead atoms. The van der Waals surface area contributed by atoms with Crippen LogP contribution < -0.4 is 5.73 Å². The van der Waals surface area contributed by atoms with Gasteiger partial charge in [0, 0.05) is 6.04 Å². The number of hydrogen-bond donors (Lipinski definition) is 1. The summed E-state index contributed by atoms with van der Waals surface area (Å²) in [5, 5.41) is 0. The molecule has 0 spiro atoms. The first-order valence-electron chi connectivity index (χ1n) is 5.85. The molecular formula is C14H21N. The summed E-state index contributed by atoms with van der Waals surface area (Å²) < 4.78 is 0. The van der Waals surface area contributed by atoms with Crippen molar-refractivity contribution in [3.8, 4) is 0 Å². The van der Waals surface area contributed by atoms with E-state index in [1.807, 2.05) is 0 Å². The molecule has 15 heavy (non-hydrogen) atoms. The molecule has 1 aliphatic carbocycles. The Bertz CT molecular complexity index is 362. The predicted molar refractivity (Wildman–Crippen MR) is 64.9 cm³/mol. The fourth-order valence-electron chi connectivity index (χ4n) is 2.32. The second-order valence-corrected chi connectivity index (χ2v) is 5.26. The highest BCUT2D eigenvalue weighted by molar-refractivity contribution is 5.32. The third-order valence-electron chi connectivity index (χ3n) is 3.91. The highest BCUT2D eigenvalue weighted by Crippen LogP contribution is 2.50. The van der Waals surface area contributed by atoms with Crippen LogP contribution in [-0.2, 0) is 6.42 Å². The molecule has 1 heteroatoms. The smallest absolute Gasteiger partial charge is 0.00702 e. The zero-order valence-electron chi connectivity index (χ0n) is 10.0. The van der Waals surface area contributed by atoms with Crippen molar-refractivity contribution >= 4 is 0 Å². The SMILES string of the molecule is Cc1ccc(C)c(CC2(C(C)N)CC2)c1. The van der Waals surface area contributed by atoms with Crippen molar-refractivity contribution in [2.24, 2.45) is 11.1 Å². The molecule has 1 unspecified atom stereocenters. The number of aryl methyl sites for hydroxylation is 2. The molecular weight excluding hydrogens is 182 g/mol. The molecule has 0 aliphatic heterocycles. The van der Waals surface area contributed by atoms with E-state index in [1.165, 1.54) is 29.5 Å². The minimum atomic E-state index is 0.331. The van der Waals surface area contributed by atoms with Crippen molar-refractivity contribution in [3.63, 3.8) is 0 Å². The summed E-state index contributed by atoms with van der Waals surface area (Å²) in [6.45, 7) is 6.51. The maximum atomic E-state index is 6.07. The fraction of sp³-hybridized carbons (Fsp3) is 0.571. The monoisotopic (exact) mass is 203 g/mol. The number of nitrogens with two attached hydrogens (primary N) is 1. The van der Waals surface area contributed by atoms with Gasteiger partial charge in [0.05, 0.1) is 0 Å². The fourth-order valence-corrected chi connectivity index (χ4v) is 2.32. The Labute approximate surface area is 92.7 Å². The molecule has 1 aromatic rings. The first-order valence-corrected chi connectivity index (χ1v) is 5.85. The van der Waals surface area contributed by atoms with E-state index in [9.17, 15) is 0 Å². The van der Waals surface area contributed by atoms with Gasteiger partial charge in [-0.25, -0.2) is 0 Å². The van der Waals surface area contributed by atoms with Gasteiger partial charge in [-0.2, -0.15) is 0 Å². The topological polar surface area (TPSA) is 26.0 Å². The lowest BCUT2D eigenvalue weighted by molar-refractivity contribution is 0.418. The van der Waals surface area contributed by atoms with Crippen molar-refractivity contribution in [2.45, 2.75) is 46.1 Å². The summed E-state index contributed by atoms with van der Waals surface area (Å²) in [5.41, 5.74) is 10.7. The molecule has 1 aliphatic rings. The van der Waals surface area contributed by atoms with Gasteiger partial charge in [-0.3, -0.25) is 0 Å². The van der Waals surface area contributed by atoms with Crippen LogP contribution >= 0.6 is 0 Å². The zero-order chi connectivity index (χ0) is 11.1. The van der Waals surface area contributed by atoms with Gasteiger partial charge in [-0.1, -0.05) is 23.8 Å². The summed E-state index contributed by atoms with van der Waals surface area (Å²) in [7, 11) is 0. The van der Waals surface area contributed by atoms with Crippen LogP contribution in [0.4, 0.5) is 0 Å². The summed E-state index contributed by atoms with van der Waals surface area (Å²) in [6, 6.07) is 7.06. The Morgan fingerprint density at radius 3 is 2.53 bits per heavy atom. The van der Waals surface area contributed by atoms with Gasteiger partial charge in [-0.15, -0.1) is 0 Å². The first kappa shape index (κ1) is 10.7. The van der Waals surface area contributed by atoms with Crippen LogP contribution in [0.5, 0.6) is 0 Å². The van der Waals surface area contributed by atoms with Crippen LogP contribution in [0.3, 0.4) is 0 Å². The van der Waals surface area contributed by atoms with Crippen molar-refractivity contribution in [1.82, 2.24) is 0 Å². The van der Waals surface area contributed by atoms with Crippen LogP contribution in [-0.4, -0.2) is 6.04 Å². The van der Waals surface area contributed by atoms with E-state index >= 15 is 0 Å². The van der Waals surface area contributed by atoms with Crippen molar-refractivity contribution < 1.29 is 0 Å². The van der Waals surface area contributed by atoms with Crippen LogP contribution in [0.15, 0.2) is 18.2 Å². The van der Waals surface area contributed by atoms with Gasteiger partial charge in [0.1, 0.15) is 0 Å². The normalized spacial score (nSPS) is 20.0. The van der Waals surface area contributed by atoms with E-state index in [0.717, 1.165) is 6.42 Å². The third kappa shape index (κ3) is 2.07. The molecule has 0 amide bonds. The standard InChI is InChI=1S/C14H21N/c1-10-4-5-11(2)13(8-10)9-14(6-7-14)12(3)15/h4-5,8,12H,6-7,9,15H2,1-3H3. The van der Waals surface area contributed by atoms with Gasteiger partial charge in [0.15, 0.2) is 0 Å². The van der Waals surface area contributed by atoms with Gasteiger partial charge in [0.2, 0.25) is 0 Å². The van der Waals surface area contributed by atoms with Crippen LogP contribution in [0.25, 0.3) is 0 Å². The van der Waals surface area contributed by atoms with Crippen LogP contribution in [0, 0.1) is 19.3 Å². The van der Waals surface area contributed by atoms with Crippen LogP contribution in [0.1, 0.15) is 36.5 Å². The largest absolute Gasteiger partial charge is 0.327 e. The molecule has 1 nitrogen and oxygen atoms in total.